The Morgan fingerprint density at radius 3 is 2.56 bits per heavy atom. The first-order valence-corrected chi connectivity index (χ1v) is 5.65. The number of halogens is 1. The quantitative estimate of drug-likeness (QED) is 0.770. The largest absolute Gasteiger partial charge is 0.507 e. The summed E-state index contributed by atoms with van der Waals surface area (Å²) in [6.45, 7) is 2.59. The van der Waals surface area contributed by atoms with E-state index in [9.17, 15) is 5.11 Å². The zero-order valence-corrected chi connectivity index (χ0v) is 11.3. The van der Waals surface area contributed by atoms with E-state index in [2.05, 4.69) is 10.6 Å². The lowest BCUT2D eigenvalue weighted by atomic mass is 10.0. The predicted molar refractivity (Wildman–Crippen MR) is 72.1 cm³/mol. The van der Waals surface area contributed by atoms with Crippen LogP contribution in [0, 0.1) is 0 Å². The second-order valence-corrected chi connectivity index (χ2v) is 3.97. The molecular formula is C12H19ClN2O3. The van der Waals surface area contributed by atoms with E-state index in [0.717, 1.165) is 25.2 Å². The van der Waals surface area contributed by atoms with Crippen molar-refractivity contribution >= 4 is 12.4 Å². The minimum Gasteiger partial charge on any atom is -0.507 e. The highest BCUT2D eigenvalue weighted by atomic mass is 35.5. The van der Waals surface area contributed by atoms with Gasteiger partial charge in [0.2, 0.25) is 0 Å². The van der Waals surface area contributed by atoms with Gasteiger partial charge in [-0.1, -0.05) is 0 Å². The van der Waals surface area contributed by atoms with Crippen molar-refractivity contribution in [2.24, 2.45) is 0 Å². The SMILES string of the molecule is COc1cc(O)c([C@H]2CNCCN2)c(OC)c1.Cl. The molecule has 0 spiro atoms. The van der Waals surface area contributed by atoms with E-state index < -0.39 is 0 Å². The number of benzene rings is 1. The number of rotatable bonds is 3. The minimum atomic E-state index is 0. The van der Waals surface area contributed by atoms with E-state index >= 15 is 0 Å². The van der Waals surface area contributed by atoms with Crippen LogP contribution in [0.5, 0.6) is 17.2 Å². The molecule has 0 aromatic heterocycles. The van der Waals surface area contributed by atoms with Crippen molar-refractivity contribution in [1.82, 2.24) is 10.6 Å². The van der Waals surface area contributed by atoms with Crippen molar-refractivity contribution < 1.29 is 14.6 Å². The molecule has 0 aliphatic carbocycles. The highest BCUT2D eigenvalue weighted by molar-refractivity contribution is 5.85. The number of hydrogen-bond acceptors (Lipinski definition) is 5. The van der Waals surface area contributed by atoms with Gasteiger partial charge in [0.1, 0.15) is 17.2 Å². The average molecular weight is 275 g/mol. The molecule has 5 nitrogen and oxygen atoms in total. The third-order valence-corrected chi connectivity index (χ3v) is 2.94. The Bertz CT molecular complexity index is 395. The topological polar surface area (TPSA) is 62.8 Å². The van der Waals surface area contributed by atoms with Gasteiger partial charge in [0.25, 0.3) is 0 Å². The first kappa shape index (κ1) is 14.9. The summed E-state index contributed by atoms with van der Waals surface area (Å²) in [6.07, 6.45) is 0. The molecule has 0 radical (unpaired) electrons. The van der Waals surface area contributed by atoms with Crippen LogP contribution in [0.4, 0.5) is 0 Å². The first-order chi connectivity index (χ1) is 8.26. The summed E-state index contributed by atoms with van der Waals surface area (Å²) in [6, 6.07) is 3.45. The number of phenols is 1. The van der Waals surface area contributed by atoms with Gasteiger partial charge in [-0.3, -0.25) is 0 Å². The molecule has 102 valence electrons. The maximum Gasteiger partial charge on any atom is 0.131 e. The van der Waals surface area contributed by atoms with E-state index in [1.54, 1.807) is 26.4 Å². The van der Waals surface area contributed by atoms with Gasteiger partial charge in [0, 0.05) is 31.8 Å². The van der Waals surface area contributed by atoms with Crippen LogP contribution in [0.3, 0.4) is 0 Å². The Balaban J connectivity index is 0.00000162. The van der Waals surface area contributed by atoms with Gasteiger partial charge in [-0.2, -0.15) is 0 Å². The smallest absolute Gasteiger partial charge is 0.131 e. The minimum absolute atomic E-state index is 0. The number of ether oxygens (including phenoxy) is 2. The Kier molecular flexibility index (Phi) is 5.53. The molecule has 1 aromatic rings. The van der Waals surface area contributed by atoms with Crippen molar-refractivity contribution in [3.8, 4) is 17.2 Å². The van der Waals surface area contributed by atoms with Gasteiger partial charge in [-0.05, 0) is 0 Å². The van der Waals surface area contributed by atoms with Crippen molar-refractivity contribution in [3.05, 3.63) is 17.7 Å². The Morgan fingerprint density at radius 2 is 2.00 bits per heavy atom. The molecule has 1 heterocycles. The number of phenolic OH excluding ortho intramolecular Hbond substituents is 1. The van der Waals surface area contributed by atoms with Crippen LogP contribution in [0.2, 0.25) is 0 Å². The fraction of sp³-hybridized carbons (Fsp3) is 0.500. The summed E-state index contributed by atoms with van der Waals surface area (Å²) in [5.41, 5.74) is 0.778. The second-order valence-electron chi connectivity index (χ2n) is 3.97. The average Bonchev–Trinajstić information content (AvgIpc) is 2.38. The molecular weight excluding hydrogens is 256 g/mol. The summed E-state index contributed by atoms with van der Waals surface area (Å²) in [5, 5.41) is 16.7. The van der Waals surface area contributed by atoms with E-state index in [1.807, 2.05) is 0 Å². The lowest BCUT2D eigenvalue weighted by Gasteiger charge is -2.27. The van der Waals surface area contributed by atoms with Crippen LogP contribution in [-0.4, -0.2) is 39.0 Å². The van der Waals surface area contributed by atoms with Crippen LogP contribution >= 0.6 is 12.4 Å². The van der Waals surface area contributed by atoms with Crippen LogP contribution < -0.4 is 20.1 Å². The Labute approximate surface area is 113 Å². The van der Waals surface area contributed by atoms with Crippen molar-refractivity contribution in [2.45, 2.75) is 6.04 Å². The van der Waals surface area contributed by atoms with Gasteiger partial charge >= 0.3 is 0 Å². The molecule has 2 rings (SSSR count). The molecule has 1 fully saturated rings. The van der Waals surface area contributed by atoms with Gasteiger partial charge in [0.15, 0.2) is 0 Å². The molecule has 1 atom stereocenters. The normalized spacial score (nSPS) is 18.9. The van der Waals surface area contributed by atoms with Gasteiger partial charge in [0.05, 0.1) is 25.8 Å². The molecule has 18 heavy (non-hydrogen) atoms. The van der Waals surface area contributed by atoms with Crippen molar-refractivity contribution in [3.63, 3.8) is 0 Å². The van der Waals surface area contributed by atoms with E-state index in [0.29, 0.717) is 11.5 Å². The number of methoxy groups -OCH3 is 2. The number of piperazine rings is 1. The zero-order chi connectivity index (χ0) is 12.3. The fourth-order valence-electron chi connectivity index (χ4n) is 2.08. The molecule has 1 saturated heterocycles. The monoisotopic (exact) mass is 274 g/mol. The lowest BCUT2D eigenvalue weighted by Crippen LogP contribution is -2.42. The maximum absolute atomic E-state index is 10.1. The molecule has 0 unspecified atom stereocenters. The summed E-state index contributed by atoms with van der Waals surface area (Å²) in [4.78, 5) is 0. The van der Waals surface area contributed by atoms with Crippen LogP contribution in [-0.2, 0) is 0 Å². The summed E-state index contributed by atoms with van der Waals surface area (Å²) < 4.78 is 10.4. The molecule has 0 bridgehead atoms. The fourth-order valence-corrected chi connectivity index (χ4v) is 2.08. The standard InChI is InChI=1S/C12H18N2O3.ClH/c1-16-8-5-10(15)12(11(6-8)17-2)9-7-13-3-4-14-9;/h5-6,9,13-15H,3-4,7H2,1-2H3;1H/t9-;/m1./s1. The lowest BCUT2D eigenvalue weighted by molar-refractivity contribution is 0.356. The van der Waals surface area contributed by atoms with E-state index in [-0.39, 0.29) is 24.2 Å². The highest BCUT2D eigenvalue weighted by Gasteiger charge is 2.22. The molecule has 0 saturated carbocycles. The molecule has 1 aliphatic rings. The third kappa shape index (κ3) is 2.98. The number of aromatic hydroxyl groups is 1. The van der Waals surface area contributed by atoms with Crippen LogP contribution in [0.15, 0.2) is 12.1 Å². The molecule has 1 aliphatic heterocycles. The second kappa shape index (κ2) is 6.68. The summed E-state index contributed by atoms with van der Waals surface area (Å²) in [5.74, 6) is 1.43. The van der Waals surface area contributed by atoms with Gasteiger partial charge in [-0.15, -0.1) is 12.4 Å². The van der Waals surface area contributed by atoms with Crippen LogP contribution in [0.1, 0.15) is 11.6 Å². The van der Waals surface area contributed by atoms with Crippen LogP contribution in [0.25, 0.3) is 0 Å². The van der Waals surface area contributed by atoms with E-state index in [1.165, 1.54) is 0 Å². The maximum atomic E-state index is 10.1. The highest BCUT2D eigenvalue weighted by Crippen LogP contribution is 2.37. The molecule has 0 amide bonds. The Morgan fingerprint density at radius 1 is 1.22 bits per heavy atom. The number of hydrogen-bond donors (Lipinski definition) is 3. The van der Waals surface area contributed by atoms with E-state index in [4.69, 9.17) is 9.47 Å². The molecule has 6 heteroatoms. The first-order valence-electron chi connectivity index (χ1n) is 5.65. The van der Waals surface area contributed by atoms with Gasteiger partial charge in [-0.25, -0.2) is 0 Å². The van der Waals surface area contributed by atoms with Gasteiger partial charge < -0.3 is 25.2 Å². The molecule has 3 N–H and O–H groups in total. The number of nitrogens with one attached hydrogen (secondary N) is 2. The zero-order valence-electron chi connectivity index (χ0n) is 10.5. The third-order valence-electron chi connectivity index (χ3n) is 2.94. The van der Waals surface area contributed by atoms with Crippen molar-refractivity contribution in [1.29, 1.82) is 0 Å². The summed E-state index contributed by atoms with van der Waals surface area (Å²) >= 11 is 0. The Hall–Kier alpha value is -1.17. The molecule has 1 aromatic carbocycles. The van der Waals surface area contributed by atoms with Crippen molar-refractivity contribution in [2.75, 3.05) is 33.9 Å². The predicted octanol–water partition coefficient (Wildman–Crippen LogP) is 1.07. The summed E-state index contributed by atoms with van der Waals surface area (Å²) in [7, 11) is 3.16.